The summed E-state index contributed by atoms with van der Waals surface area (Å²) < 4.78 is 5.73. The maximum atomic E-state index is 10.0. The van der Waals surface area contributed by atoms with Crippen LogP contribution in [0.1, 0.15) is 12.8 Å². The van der Waals surface area contributed by atoms with E-state index in [-0.39, 0.29) is 29.7 Å². The van der Waals surface area contributed by atoms with Gasteiger partial charge in [0.2, 0.25) is 0 Å². The first kappa shape index (κ1) is 12.2. The minimum atomic E-state index is -0.467. The maximum Gasteiger partial charge on any atom is 0.134 e. The first-order chi connectivity index (χ1) is 8.28. The van der Waals surface area contributed by atoms with Crippen LogP contribution in [-0.4, -0.2) is 64.2 Å². The highest BCUT2D eigenvalue weighted by molar-refractivity contribution is 8.00. The SMILES string of the molecule is OCC1CC(O)[C@H]2NC(N3CCCO3)S[C@H]2O1. The number of nitrogens with zero attached hydrogens (tertiary/aromatic N) is 1. The van der Waals surface area contributed by atoms with E-state index < -0.39 is 6.10 Å². The molecule has 3 saturated heterocycles. The van der Waals surface area contributed by atoms with Gasteiger partial charge in [0.25, 0.3) is 0 Å². The van der Waals surface area contributed by atoms with Crippen LogP contribution in [0.25, 0.3) is 0 Å². The number of rotatable bonds is 2. The van der Waals surface area contributed by atoms with Crippen LogP contribution in [0, 0.1) is 0 Å². The maximum absolute atomic E-state index is 10.0. The average molecular weight is 262 g/mol. The highest BCUT2D eigenvalue weighted by Gasteiger charge is 2.47. The molecule has 0 amide bonds. The highest BCUT2D eigenvalue weighted by atomic mass is 32.2. The molecule has 0 bridgehead atoms. The fourth-order valence-electron chi connectivity index (χ4n) is 2.48. The van der Waals surface area contributed by atoms with E-state index in [1.807, 2.05) is 5.06 Å². The molecule has 17 heavy (non-hydrogen) atoms. The highest BCUT2D eigenvalue weighted by Crippen LogP contribution is 2.37. The number of fused-ring (bicyclic) bond motifs is 1. The van der Waals surface area contributed by atoms with Gasteiger partial charge >= 0.3 is 0 Å². The summed E-state index contributed by atoms with van der Waals surface area (Å²) >= 11 is 1.61. The van der Waals surface area contributed by atoms with Gasteiger partial charge < -0.3 is 14.9 Å². The topological polar surface area (TPSA) is 74.2 Å². The number of nitrogens with one attached hydrogen (secondary N) is 1. The fourth-order valence-corrected chi connectivity index (χ4v) is 3.93. The van der Waals surface area contributed by atoms with Crippen molar-refractivity contribution in [3.63, 3.8) is 0 Å². The Balaban J connectivity index is 1.64. The summed E-state index contributed by atoms with van der Waals surface area (Å²) in [6, 6.07) is -0.0722. The summed E-state index contributed by atoms with van der Waals surface area (Å²) in [7, 11) is 0. The number of aliphatic hydroxyl groups is 2. The van der Waals surface area contributed by atoms with Crippen LogP contribution in [0.15, 0.2) is 0 Å². The molecule has 3 heterocycles. The molecule has 0 radical (unpaired) electrons. The molecule has 3 rings (SSSR count). The molecule has 3 unspecified atom stereocenters. The molecule has 5 atom stereocenters. The molecule has 0 aliphatic carbocycles. The summed E-state index contributed by atoms with van der Waals surface area (Å²) in [5.74, 6) is 0. The zero-order valence-corrected chi connectivity index (χ0v) is 10.3. The van der Waals surface area contributed by atoms with Crippen molar-refractivity contribution in [2.75, 3.05) is 19.8 Å². The number of thioether (sulfide) groups is 1. The first-order valence-electron chi connectivity index (χ1n) is 6.03. The van der Waals surface area contributed by atoms with E-state index >= 15 is 0 Å². The third-order valence-electron chi connectivity index (χ3n) is 3.38. The zero-order valence-electron chi connectivity index (χ0n) is 9.49. The molecular formula is C10H18N2O4S. The van der Waals surface area contributed by atoms with Crippen LogP contribution < -0.4 is 5.32 Å². The van der Waals surface area contributed by atoms with E-state index in [0.29, 0.717) is 6.42 Å². The van der Waals surface area contributed by atoms with Gasteiger partial charge in [-0.05, 0) is 6.42 Å². The number of hydrogen-bond donors (Lipinski definition) is 3. The van der Waals surface area contributed by atoms with Gasteiger partial charge in [-0.3, -0.25) is 10.2 Å². The van der Waals surface area contributed by atoms with Crippen LogP contribution in [0.3, 0.4) is 0 Å². The Morgan fingerprint density at radius 2 is 2.35 bits per heavy atom. The van der Waals surface area contributed by atoms with Crippen molar-refractivity contribution in [2.24, 2.45) is 0 Å². The van der Waals surface area contributed by atoms with Crippen molar-refractivity contribution in [2.45, 2.75) is 42.0 Å². The van der Waals surface area contributed by atoms with Crippen LogP contribution in [-0.2, 0) is 9.57 Å². The molecular weight excluding hydrogens is 244 g/mol. The Morgan fingerprint density at radius 1 is 1.47 bits per heavy atom. The van der Waals surface area contributed by atoms with Crippen molar-refractivity contribution in [3.05, 3.63) is 0 Å². The number of hydroxylamine groups is 2. The molecule has 0 aromatic heterocycles. The number of ether oxygens (including phenoxy) is 1. The van der Waals surface area contributed by atoms with Crippen molar-refractivity contribution in [3.8, 4) is 0 Å². The third kappa shape index (κ3) is 2.33. The van der Waals surface area contributed by atoms with Crippen molar-refractivity contribution < 1.29 is 19.8 Å². The monoisotopic (exact) mass is 262 g/mol. The second-order valence-electron chi connectivity index (χ2n) is 4.62. The first-order valence-corrected chi connectivity index (χ1v) is 6.97. The van der Waals surface area contributed by atoms with Gasteiger partial charge in [0.1, 0.15) is 10.9 Å². The fraction of sp³-hybridized carbons (Fsp3) is 1.00. The molecule has 3 fully saturated rings. The molecule has 6 nitrogen and oxygen atoms in total. The van der Waals surface area contributed by atoms with Gasteiger partial charge in [-0.25, -0.2) is 0 Å². The molecule has 3 N–H and O–H groups in total. The molecule has 7 heteroatoms. The Kier molecular flexibility index (Phi) is 3.58. The molecule has 3 aliphatic heterocycles. The van der Waals surface area contributed by atoms with Gasteiger partial charge in [-0.15, -0.1) is 0 Å². The van der Waals surface area contributed by atoms with E-state index in [1.54, 1.807) is 11.8 Å². The van der Waals surface area contributed by atoms with E-state index in [4.69, 9.17) is 14.7 Å². The Morgan fingerprint density at radius 3 is 3.06 bits per heavy atom. The Labute approximate surface area is 104 Å². The smallest absolute Gasteiger partial charge is 0.134 e. The Bertz CT molecular complexity index is 277. The van der Waals surface area contributed by atoms with E-state index in [0.717, 1.165) is 19.6 Å². The number of hydrogen-bond acceptors (Lipinski definition) is 7. The molecule has 0 spiro atoms. The lowest BCUT2D eigenvalue weighted by Crippen LogP contribution is -2.52. The standard InChI is InChI=1S/C10H18N2O4S/c13-5-6-4-7(14)8-9(16-6)17-10(11-8)12-2-1-3-15-12/h6-11,13-14H,1-5H2/t6?,7?,8-,9-,10?/m1/s1. The second-order valence-corrected chi connectivity index (χ2v) is 5.80. The largest absolute Gasteiger partial charge is 0.394 e. The normalized spacial score (nSPS) is 47.3. The van der Waals surface area contributed by atoms with Gasteiger partial charge in [0, 0.05) is 13.0 Å². The predicted molar refractivity (Wildman–Crippen MR) is 61.9 cm³/mol. The van der Waals surface area contributed by atoms with E-state index in [1.165, 1.54) is 0 Å². The van der Waals surface area contributed by atoms with E-state index in [2.05, 4.69) is 5.32 Å². The van der Waals surface area contributed by atoms with E-state index in [9.17, 15) is 5.11 Å². The van der Waals surface area contributed by atoms with Crippen molar-refractivity contribution in [1.82, 2.24) is 10.4 Å². The quantitative estimate of drug-likeness (QED) is 0.594. The van der Waals surface area contributed by atoms with Crippen LogP contribution >= 0.6 is 11.8 Å². The van der Waals surface area contributed by atoms with Crippen molar-refractivity contribution in [1.29, 1.82) is 0 Å². The lowest BCUT2D eigenvalue weighted by atomic mass is 10.0. The summed E-state index contributed by atoms with van der Waals surface area (Å²) in [5.41, 5.74) is -0.0651. The minimum absolute atomic E-state index is 0.0360. The van der Waals surface area contributed by atoms with Gasteiger partial charge in [0.05, 0.1) is 31.5 Å². The third-order valence-corrected chi connectivity index (χ3v) is 4.68. The lowest BCUT2D eigenvalue weighted by molar-refractivity contribution is -0.132. The van der Waals surface area contributed by atoms with Crippen molar-refractivity contribution >= 4 is 11.8 Å². The Hall–Kier alpha value is 0.110. The lowest BCUT2D eigenvalue weighted by Gasteiger charge is -2.34. The van der Waals surface area contributed by atoms with Gasteiger partial charge in [-0.2, -0.15) is 5.06 Å². The summed E-state index contributed by atoms with van der Waals surface area (Å²) in [4.78, 5) is 5.49. The average Bonchev–Trinajstić information content (AvgIpc) is 2.96. The molecule has 3 aliphatic rings. The minimum Gasteiger partial charge on any atom is -0.394 e. The zero-order chi connectivity index (χ0) is 11.8. The molecule has 0 aromatic carbocycles. The second kappa shape index (κ2) is 5.00. The molecule has 0 aromatic rings. The summed E-state index contributed by atoms with van der Waals surface area (Å²) in [6.45, 7) is 1.63. The van der Waals surface area contributed by atoms with Crippen LogP contribution in [0.5, 0.6) is 0 Å². The van der Waals surface area contributed by atoms with Gasteiger partial charge in [-0.1, -0.05) is 11.8 Å². The predicted octanol–water partition coefficient (Wildman–Crippen LogP) is -0.919. The molecule has 0 saturated carbocycles. The number of aliphatic hydroxyl groups excluding tert-OH is 2. The molecule has 98 valence electrons. The summed E-state index contributed by atoms with van der Waals surface area (Å²) in [6.07, 6.45) is 0.806. The van der Waals surface area contributed by atoms with Crippen LogP contribution in [0.2, 0.25) is 0 Å². The summed E-state index contributed by atoms with van der Waals surface area (Å²) in [5, 5.41) is 24.4. The van der Waals surface area contributed by atoms with Crippen LogP contribution in [0.4, 0.5) is 0 Å². The van der Waals surface area contributed by atoms with Gasteiger partial charge in [0.15, 0.2) is 0 Å².